The third-order valence-electron chi connectivity index (χ3n) is 2.11. The summed E-state index contributed by atoms with van der Waals surface area (Å²) < 4.78 is 79.9. The Labute approximate surface area is 113 Å². The van der Waals surface area contributed by atoms with Gasteiger partial charge in [0.1, 0.15) is 5.75 Å². The maximum absolute atomic E-state index is 12.5. The van der Waals surface area contributed by atoms with E-state index in [0.29, 0.717) is 23.9 Å². The van der Waals surface area contributed by atoms with Gasteiger partial charge in [0, 0.05) is 5.33 Å². The van der Waals surface area contributed by atoms with Crippen molar-refractivity contribution in [2.45, 2.75) is 18.8 Å². The molecule has 0 amide bonds. The second kappa shape index (κ2) is 6.02. The number of hydrogen-bond acceptors (Lipinski definition) is 1. The molecule has 0 aliphatic rings. The predicted octanol–water partition coefficient (Wildman–Crippen LogP) is 4.89. The average Bonchev–Trinajstić information content (AvgIpc) is 2.27. The van der Waals surface area contributed by atoms with E-state index < -0.39 is 29.2 Å². The van der Waals surface area contributed by atoms with Crippen LogP contribution in [-0.4, -0.2) is 11.9 Å². The third kappa shape index (κ3) is 4.93. The minimum absolute atomic E-state index is 0.0316. The summed E-state index contributed by atoms with van der Waals surface area (Å²) in [5, 5.41) is 0.540. The second-order valence-corrected chi connectivity index (χ2v) is 4.43. The van der Waals surface area contributed by atoms with Crippen LogP contribution in [0, 0.1) is 0 Å². The van der Waals surface area contributed by atoms with E-state index in [1.165, 1.54) is 0 Å². The summed E-state index contributed by atoms with van der Waals surface area (Å²) in [7, 11) is 0. The molecule has 0 saturated heterocycles. The Hall–Kier alpha value is -0.920. The van der Waals surface area contributed by atoms with Gasteiger partial charge in [0.2, 0.25) is 0 Å². The molecule has 0 aromatic heterocycles. The van der Waals surface area contributed by atoms with Gasteiger partial charge in [0.05, 0.1) is 17.7 Å². The summed E-state index contributed by atoms with van der Waals surface area (Å²) >= 11 is 3.08. The molecule has 1 aromatic carbocycles. The first kappa shape index (κ1) is 16.1. The van der Waals surface area contributed by atoms with Crippen LogP contribution in [0.4, 0.5) is 26.3 Å². The number of ether oxygens (including phenoxy) is 1. The van der Waals surface area contributed by atoms with Crippen molar-refractivity contribution in [3.8, 4) is 5.75 Å². The Morgan fingerprint density at radius 3 is 1.74 bits per heavy atom. The topological polar surface area (TPSA) is 9.23 Å². The fraction of sp³-hybridized carbons (Fsp3) is 0.455. The van der Waals surface area contributed by atoms with Crippen molar-refractivity contribution in [2.24, 2.45) is 0 Å². The van der Waals surface area contributed by atoms with E-state index in [1.807, 2.05) is 0 Å². The Morgan fingerprint density at radius 1 is 0.895 bits per heavy atom. The highest BCUT2D eigenvalue weighted by atomic mass is 79.9. The summed E-state index contributed by atoms with van der Waals surface area (Å²) in [6, 6.07) is 1.18. The number of benzene rings is 1. The van der Waals surface area contributed by atoms with Gasteiger partial charge in [-0.1, -0.05) is 15.9 Å². The highest BCUT2D eigenvalue weighted by molar-refractivity contribution is 9.09. The Bertz CT molecular complexity index is 394. The van der Waals surface area contributed by atoms with Gasteiger partial charge in [-0.2, -0.15) is 26.3 Å². The molecule has 1 rings (SSSR count). The molecule has 0 N–H and O–H groups in total. The van der Waals surface area contributed by atoms with Gasteiger partial charge in [-0.15, -0.1) is 0 Å². The Kier molecular flexibility index (Phi) is 5.11. The van der Waals surface area contributed by atoms with Crippen LogP contribution in [0.1, 0.15) is 17.5 Å². The molecule has 0 heterocycles. The first-order chi connectivity index (χ1) is 8.64. The lowest BCUT2D eigenvalue weighted by Crippen LogP contribution is -2.11. The second-order valence-electron chi connectivity index (χ2n) is 3.63. The van der Waals surface area contributed by atoms with Crippen molar-refractivity contribution in [3.05, 3.63) is 29.3 Å². The van der Waals surface area contributed by atoms with Gasteiger partial charge in [-0.05, 0) is 24.6 Å². The van der Waals surface area contributed by atoms with Crippen molar-refractivity contribution in [3.63, 3.8) is 0 Å². The highest BCUT2D eigenvalue weighted by Crippen LogP contribution is 2.38. The van der Waals surface area contributed by atoms with Crippen molar-refractivity contribution in [2.75, 3.05) is 11.9 Å². The lowest BCUT2D eigenvalue weighted by atomic mass is 10.1. The minimum atomic E-state index is -4.85. The molecule has 0 unspecified atom stereocenters. The van der Waals surface area contributed by atoms with Crippen LogP contribution in [0.15, 0.2) is 18.2 Å². The van der Waals surface area contributed by atoms with Crippen LogP contribution in [-0.2, 0) is 12.4 Å². The lowest BCUT2D eigenvalue weighted by molar-refractivity contribution is -0.143. The average molecular weight is 351 g/mol. The smallest absolute Gasteiger partial charge is 0.416 e. The summed E-state index contributed by atoms with van der Waals surface area (Å²) in [5.74, 6) is -0.442. The normalized spacial score (nSPS) is 12.6. The van der Waals surface area contributed by atoms with E-state index in [4.69, 9.17) is 4.74 Å². The Morgan fingerprint density at radius 2 is 1.37 bits per heavy atom. The fourth-order valence-electron chi connectivity index (χ4n) is 1.25. The summed E-state index contributed by atoms with van der Waals surface area (Å²) in [4.78, 5) is 0. The molecule has 0 fully saturated rings. The molecule has 0 bridgehead atoms. The van der Waals surface area contributed by atoms with E-state index in [0.717, 1.165) is 0 Å². The standard InChI is InChI=1S/C11H9BrF6O/c12-2-1-3-19-9-5-7(10(13,14)15)4-8(6-9)11(16,17)18/h4-6H,1-3H2. The summed E-state index contributed by atoms with van der Waals surface area (Å²) in [6.45, 7) is 0.0316. The molecule has 108 valence electrons. The highest BCUT2D eigenvalue weighted by Gasteiger charge is 2.37. The molecule has 1 nitrogen and oxygen atoms in total. The van der Waals surface area contributed by atoms with Crippen LogP contribution in [0.5, 0.6) is 5.75 Å². The molecule has 8 heteroatoms. The molecule has 0 spiro atoms. The first-order valence-corrected chi connectivity index (χ1v) is 6.25. The summed E-state index contributed by atoms with van der Waals surface area (Å²) in [6.07, 6.45) is -9.23. The molecule has 1 aromatic rings. The van der Waals surface area contributed by atoms with Gasteiger partial charge >= 0.3 is 12.4 Å². The maximum Gasteiger partial charge on any atom is 0.416 e. The van der Waals surface area contributed by atoms with Gasteiger partial charge in [-0.3, -0.25) is 0 Å². The number of alkyl halides is 7. The third-order valence-corrected chi connectivity index (χ3v) is 2.67. The van der Waals surface area contributed by atoms with Crippen molar-refractivity contribution >= 4 is 15.9 Å². The fourth-order valence-corrected chi connectivity index (χ4v) is 1.48. The van der Waals surface area contributed by atoms with Gasteiger partial charge in [-0.25, -0.2) is 0 Å². The zero-order chi connectivity index (χ0) is 14.7. The molecular formula is C11H9BrF6O. The zero-order valence-electron chi connectivity index (χ0n) is 9.41. The van der Waals surface area contributed by atoms with Gasteiger partial charge in [0.25, 0.3) is 0 Å². The lowest BCUT2D eigenvalue weighted by Gasteiger charge is -2.14. The van der Waals surface area contributed by atoms with E-state index in [2.05, 4.69) is 15.9 Å². The number of rotatable bonds is 4. The van der Waals surface area contributed by atoms with Crippen molar-refractivity contribution in [1.29, 1.82) is 0 Å². The molecule has 0 aliphatic heterocycles. The van der Waals surface area contributed by atoms with E-state index >= 15 is 0 Å². The van der Waals surface area contributed by atoms with Crippen LogP contribution in [0.2, 0.25) is 0 Å². The van der Waals surface area contributed by atoms with Crippen molar-refractivity contribution in [1.82, 2.24) is 0 Å². The zero-order valence-corrected chi connectivity index (χ0v) is 11.0. The van der Waals surface area contributed by atoms with Crippen LogP contribution in [0.25, 0.3) is 0 Å². The predicted molar refractivity (Wildman–Crippen MR) is 60.4 cm³/mol. The molecular weight excluding hydrogens is 342 g/mol. The molecule has 0 saturated carbocycles. The molecule has 0 aliphatic carbocycles. The molecule has 0 radical (unpaired) electrons. The molecule has 0 atom stereocenters. The SMILES string of the molecule is FC(F)(F)c1cc(OCCCBr)cc(C(F)(F)F)c1. The Balaban J connectivity index is 3.10. The molecule has 19 heavy (non-hydrogen) atoms. The van der Waals surface area contributed by atoms with E-state index in [9.17, 15) is 26.3 Å². The quantitative estimate of drug-likeness (QED) is 0.427. The van der Waals surface area contributed by atoms with E-state index in [-0.39, 0.29) is 12.7 Å². The van der Waals surface area contributed by atoms with Gasteiger partial charge < -0.3 is 4.74 Å². The van der Waals surface area contributed by atoms with Crippen molar-refractivity contribution < 1.29 is 31.1 Å². The van der Waals surface area contributed by atoms with Gasteiger partial charge in [0.15, 0.2) is 0 Å². The van der Waals surface area contributed by atoms with Crippen LogP contribution >= 0.6 is 15.9 Å². The minimum Gasteiger partial charge on any atom is -0.494 e. The largest absolute Gasteiger partial charge is 0.494 e. The monoisotopic (exact) mass is 350 g/mol. The number of halogens is 7. The first-order valence-electron chi connectivity index (χ1n) is 5.13. The maximum atomic E-state index is 12.5. The van der Waals surface area contributed by atoms with Crippen LogP contribution < -0.4 is 4.74 Å². The summed E-state index contributed by atoms with van der Waals surface area (Å²) in [5.41, 5.74) is -2.76. The number of hydrogen-bond donors (Lipinski definition) is 0. The van der Waals surface area contributed by atoms with Crippen LogP contribution in [0.3, 0.4) is 0 Å². The van der Waals surface area contributed by atoms with E-state index in [1.54, 1.807) is 0 Å².